The van der Waals surface area contributed by atoms with Gasteiger partial charge >= 0.3 is 12.3 Å². The van der Waals surface area contributed by atoms with E-state index in [2.05, 4.69) is 5.32 Å². The molecule has 0 aliphatic heterocycles. The Bertz CT molecular complexity index is 577. The molecule has 0 aromatic heterocycles. The minimum Gasteiger partial charge on any atom is -0.444 e. The second-order valence-corrected chi connectivity index (χ2v) is 6.23. The summed E-state index contributed by atoms with van der Waals surface area (Å²) in [6.07, 6.45) is -5.41. The highest BCUT2D eigenvalue weighted by Gasteiger charge is 2.31. The van der Waals surface area contributed by atoms with Crippen LogP contribution in [0.25, 0.3) is 0 Å². The van der Waals surface area contributed by atoms with Gasteiger partial charge in [0.2, 0.25) is 0 Å². The van der Waals surface area contributed by atoms with Crippen LogP contribution in [0.2, 0.25) is 0 Å². The number of amides is 1. The van der Waals surface area contributed by atoms with Crippen molar-refractivity contribution in [2.24, 2.45) is 0 Å². The molecule has 4 nitrogen and oxygen atoms in total. The molecule has 0 bridgehead atoms. The van der Waals surface area contributed by atoms with Gasteiger partial charge in [0.25, 0.3) is 0 Å². The molecule has 23 heavy (non-hydrogen) atoms. The number of carbonyl (C=O) groups is 2. The van der Waals surface area contributed by atoms with E-state index in [1.54, 1.807) is 20.8 Å². The fourth-order valence-electron chi connectivity index (χ4n) is 1.92. The summed E-state index contributed by atoms with van der Waals surface area (Å²) in [6, 6.07) is 3.64. The molecule has 0 aliphatic rings. The van der Waals surface area contributed by atoms with Crippen molar-refractivity contribution in [2.75, 3.05) is 0 Å². The Balaban J connectivity index is 3.03. The molecule has 1 rings (SSSR count). The molecule has 1 aromatic rings. The minimum atomic E-state index is -4.50. The van der Waals surface area contributed by atoms with E-state index in [-0.39, 0.29) is 17.8 Å². The second-order valence-electron chi connectivity index (χ2n) is 6.23. The van der Waals surface area contributed by atoms with Crippen LogP contribution in [0.4, 0.5) is 18.0 Å². The van der Waals surface area contributed by atoms with Crippen molar-refractivity contribution < 1.29 is 27.5 Å². The number of alkyl halides is 3. The van der Waals surface area contributed by atoms with Gasteiger partial charge in [-0.1, -0.05) is 12.1 Å². The van der Waals surface area contributed by atoms with E-state index in [0.717, 1.165) is 12.1 Å². The summed E-state index contributed by atoms with van der Waals surface area (Å²) in [4.78, 5) is 23.2. The standard InChI is InChI=1S/C16H20F3NO3/c1-10(21)8-13(20-14(22)23-15(2,3)4)11-6-5-7-12(9-11)16(17,18)19/h5-7,9,13H,8H2,1-4H3,(H,20,22). The normalized spacial score (nSPS) is 13.3. The van der Waals surface area contributed by atoms with Crippen LogP contribution < -0.4 is 5.32 Å². The summed E-state index contributed by atoms with van der Waals surface area (Å²) < 4.78 is 43.5. The number of nitrogens with one attached hydrogen (secondary N) is 1. The van der Waals surface area contributed by atoms with Crippen LogP contribution in [0.1, 0.15) is 51.3 Å². The number of hydrogen-bond donors (Lipinski definition) is 1. The van der Waals surface area contributed by atoms with Gasteiger partial charge in [-0.25, -0.2) is 4.79 Å². The lowest BCUT2D eigenvalue weighted by atomic mass is 9.99. The molecule has 1 aromatic carbocycles. The number of benzene rings is 1. The fourth-order valence-corrected chi connectivity index (χ4v) is 1.92. The molecule has 0 saturated carbocycles. The van der Waals surface area contributed by atoms with E-state index in [4.69, 9.17) is 4.74 Å². The van der Waals surface area contributed by atoms with Crippen molar-refractivity contribution in [1.29, 1.82) is 0 Å². The number of carbonyl (C=O) groups excluding carboxylic acids is 2. The fraction of sp³-hybridized carbons (Fsp3) is 0.500. The lowest BCUT2D eigenvalue weighted by Gasteiger charge is -2.24. The van der Waals surface area contributed by atoms with Crippen molar-refractivity contribution in [3.05, 3.63) is 35.4 Å². The Morgan fingerprint density at radius 1 is 1.22 bits per heavy atom. The molecule has 1 N–H and O–H groups in total. The Hall–Kier alpha value is -2.05. The van der Waals surface area contributed by atoms with Crippen LogP contribution in [-0.4, -0.2) is 17.5 Å². The summed E-state index contributed by atoms with van der Waals surface area (Å²) in [5.74, 6) is -0.261. The van der Waals surface area contributed by atoms with Crippen LogP contribution in [0.5, 0.6) is 0 Å². The van der Waals surface area contributed by atoms with Crippen LogP contribution in [0, 0.1) is 0 Å². The van der Waals surface area contributed by atoms with Gasteiger partial charge in [-0.3, -0.25) is 4.79 Å². The molecule has 0 fully saturated rings. The number of rotatable bonds is 4. The number of alkyl carbamates (subject to hydrolysis) is 1. The van der Waals surface area contributed by atoms with Gasteiger partial charge in [0.1, 0.15) is 11.4 Å². The van der Waals surface area contributed by atoms with Gasteiger partial charge in [0, 0.05) is 6.42 Å². The first-order valence-corrected chi connectivity index (χ1v) is 7.04. The largest absolute Gasteiger partial charge is 0.444 e. The highest BCUT2D eigenvalue weighted by atomic mass is 19.4. The van der Waals surface area contributed by atoms with Crippen molar-refractivity contribution in [2.45, 2.75) is 51.9 Å². The highest BCUT2D eigenvalue weighted by Crippen LogP contribution is 2.31. The minimum absolute atomic E-state index is 0.124. The molecular formula is C16H20F3NO3. The molecule has 0 aliphatic carbocycles. The first kappa shape index (κ1) is 19.0. The number of hydrogen-bond acceptors (Lipinski definition) is 3. The summed E-state index contributed by atoms with van der Waals surface area (Å²) in [7, 11) is 0. The number of ketones is 1. The lowest BCUT2D eigenvalue weighted by Crippen LogP contribution is -2.35. The Labute approximate surface area is 133 Å². The predicted octanol–water partition coefficient (Wildman–Crippen LogP) is 4.25. The predicted molar refractivity (Wildman–Crippen MR) is 78.9 cm³/mol. The third kappa shape index (κ3) is 6.71. The number of ether oxygens (including phenoxy) is 1. The highest BCUT2D eigenvalue weighted by molar-refractivity contribution is 5.77. The van der Waals surface area contributed by atoms with E-state index >= 15 is 0 Å². The molecule has 0 heterocycles. The molecule has 1 amide bonds. The molecule has 0 saturated heterocycles. The van der Waals surface area contributed by atoms with Gasteiger partial charge in [0.05, 0.1) is 11.6 Å². The van der Waals surface area contributed by atoms with Crippen LogP contribution in [0.3, 0.4) is 0 Å². The molecule has 7 heteroatoms. The van der Waals surface area contributed by atoms with Crippen molar-refractivity contribution >= 4 is 11.9 Å². The maximum absolute atomic E-state index is 12.8. The van der Waals surface area contributed by atoms with Crippen LogP contribution in [0.15, 0.2) is 24.3 Å². The maximum atomic E-state index is 12.8. The van der Waals surface area contributed by atoms with E-state index < -0.39 is 29.5 Å². The molecule has 1 atom stereocenters. The van der Waals surface area contributed by atoms with Crippen LogP contribution >= 0.6 is 0 Å². The van der Waals surface area contributed by atoms with Crippen molar-refractivity contribution in [1.82, 2.24) is 5.32 Å². The summed E-state index contributed by atoms with van der Waals surface area (Å²) in [5.41, 5.74) is -1.39. The smallest absolute Gasteiger partial charge is 0.416 e. The SMILES string of the molecule is CC(=O)CC(NC(=O)OC(C)(C)C)c1cccc(C(F)(F)F)c1. The zero-order valence-corrected chi connectivity index (χ0v) is 13.5. The monoisotopic (exact) mass is 331 g/mol. The Morgan fingerprint density at radius 3 is 2.30 bits per heavy atom. The lowest BCUT2D eigenvalue weighted by molar-refractivity contribution is -0.137. The number of halogens is 3. The summed E-state index contributed by atoms with van der Waals surface area (Å²) in [6.45, 7) is 6.29. The van der Waals surface area contributed by atoms with Crippen molar-refractivity contribution in [3.8, 4) is 0 Å². The van der Waals surface area contributed by atoms with Crippen molar-refractivity contribution in [3.63, 3.8) is 0 Å². The van der Waals surface area contributed by atoms with E-state index in [0.29, 0.717) is 0 Å². The molecular weight excluding hydrogens is 311 g/mol. The van der Waals surface area contributed by atoms with Crippen LogP contribution in [-0.2, 0) is 15.7 Å². The van der Waals surface area contributed by atoms with Gasteiger partial charge in [-0.15, -0.1) is 0 Å². The van der Waals surface area contributed by atoms with Gasteiger partial charge in [0.15, 0.2) is 0 Å². The number of Topliss-reactive ketones (excluding diaryl/α,β-unsaturated/α-hetero) is 1. The summed E-state index contributed by atoms with van der Waals surface area (Å²) >= 11 is 0. The topological polar surface area (TPSA) is 55.4 Å². The summed E-state index contributed by atoms with van der Waals surface area (Å²) in [5, 5.41) is 2.45. The molecule has 128 valence electrons. The van der Waals surface area contributed by atoms with Gasteiger partial charge in [-0.05, 0) is 45.4 Å². The zero-order chi connectivity index (χ0) is 17.8. The van der Waals surface area contributed by atoms with Gasteiger partial charge < -0.3 is 10.1 Å². The first-order chi connectivity index (χ1) is 10.4. The Morgan fingerprint density at radius 2 is 1.83 bits per heavy atom. The van der Waals surface area contributed by atoms with Gasteiger partial charge in [-0.2, -0.15) is 13.2 Å². The third-order valence-corrected chi connectivity index (χ3v) is 2.80. The first-order valence-electron chi connectivity index (χ1n) is 7.04. The molecule has 0 radical (unpaired) electrons. The quantitative estimate of drug-likeness (QED) is 0.897. The molecule has 1 unspecified atom stereocenters. The maximum Gasteiger partial charge on any atom is 0.416 e. The zero-order valence-electron chi connectivity index (χ0n) is 13.5. The third-order valence-electron chi connectivity index (χ3n) is 2.80. The Kier molecular flexibility index (Phi) is 5.80. The van der Waals surface area contributed by atoms with E-state index in [1.165, 1.54) is 19.1 Å². The average molecular weight is 331 g/mol. The molecule has 0 spiro atoms. The second kappa shape index (κ2) is 7.02. The van der Waals surface area contributed by atoms with E-state index in [1.807, 2.05) is 0 Å². The average Bonchev–Trinajstić information content (AvgIpc) is 2.34. The van der Waals surface area contributed by atoms with E-state index in [9.17, 15) is 22.8 Å².